The largest absolute Gasteiger partial charge is 0.496 e. The van der Waals surface area contributed by atoms with Crippen LogP contribution in [0.1, 0.15) is 32.6 Å². The fourth-order valence-corrected chi connectivity index (χ4v) is 4.84. The molecule has 0 aliphatic carbocycles. The smallest absolute Gasteiger partial charge is 0.282 e. The molecule has 3 rings (SSSR count). The van der Waals surface area contributed by atoms with Crippen LogP contribution in [0.25, 0.3) is 0 Å². The summed E-state index contributed by atoms with van der Waals surface area (Å²) in [5.41, 5.74) is 4.38. The van der Waals surface area contributed by atoms with Crippen molar-refractivity contribution in [3.8, 4) is 5.75 Å². The molecule has 0 N–H and O–H groups in total. The van der Waals surface area contributed by atoms with Crippen LogP contribution in [0.3, 0.4) is 0 Å². The molecule has 7 heteroatoms. The number of hydrogen-bond acceptors (Lipinski definition) is 4. The molecule has 0 atom stereocenters. The van der Waals surface area contributed by atoms with Crippen LogP contribution in [0.5, 0.6) is 5.75 Å². The molecule has 0 bridgehead atoms. The van der Waals surface area contributed by atoms with Crippen molar-refractivity contribution in [3.05, 3.63) is 64.2 Å². The van der Waals surface area contributed by atoms with E-state index in [1.165, 1.54) is 15.7 Å². The maximum Gasteiger partial charge on any atom is 0.282 e. The molecular weight excluding hydrogens is 364 g/mol. The molecule has 2 aromatic rings. The highest BCUT2D eigenvalue weighted by molar-refractivity contribution is 7.86. The molecule has 1 aliphatic rings. The molecule has 1 saturated heterocycles. The number of nitrogens with zero attached hydrogens (tertiary/aromatic N) is 2. The summed E-state index contributed by atoms with van der Waals surface area (Å²) in [6, 6.07) is 11.1. The highest BCUT2D eigenvalue weighted by Crippen LogP contribution is 2.27. The van der Waals surface area contributed by atoms with Crippen LogP contribution in [-0.4, -0.2) is 43.5 Å². The third-order valence-corrected chi connectivity index (χ3v) is 6.82. The minimum Gasteiger partial charge on any atom is -0.496 e. The molecule has 1 aliphatic heterocycles. The number of aldehydes is 1. The Kier molecular flexibility index (Phi) is 5.64. The van der Waals surface area contributed by atoms with E-state index in [1.54, 1.807) is 18.2 Å². The lowest BCUT2D eigenvalue weighted by Crippen LogP contribution is -2.32. The molecule has 144 valence electrons. The van der Waals surface area contributed by atoms with Gasteiger partial charge in [0, 0.05) is 37.3 Å². The van der Waals surface area contributed by atoms with Crippen LogP contribution < -0.4 is 4.74 Å². The van der Waals surface area contributed by atoms with E-state index in [0.717, 1.165) is 23.0 Å². The fraction of sp³-hybridized carbons (Fsp3) is 0.350. The van der Waals surface area contributed by atoms with Gasteiger partial charge in [0.2, 0.25) is 0 Å². The standard InChI is InChI=1S/C20H24N2O4S/c1-15-4-5-16(2)18(10-15)12-21-8-9-22(27(21,24)25)13-19-11-17(14-23)6-7-20(19)26-3/h4-7,10-11,14H,8-9,12-13H2,1-3H3. The maximum atomic E-state index is 13.0. The molecule has 1 heterocycles. The van der Waals surface area contributed by atoms with Crippen LogP contribution in [-0.2, 0) is 23.3 Å². The predicted octanol–water partition coefficient (Wildman–Crippen LogP) is 2.69. The third kappa shape index (κ3) is 4.05. The van der Waals surface area contributed by atoms with Crippen molar-refractivity contribution in [2.24, 2.45) is 0 Å². The average molecular weight is 388 g/mol. The van der Waals surface area contributed by atoms with Crippen LogP contribution in [0.15, 0.2) is 36.4 Å². The molecule has 0 saturated carbocycles. The SMILES string of the molecule is COc1ccc(C=O)cc1CN1CCN(Cc2cc(C)ccc2C)S1(=O)=O. The second kappa shape index (κ2) is 7.80. The van der Waals surface area contributed by atoms with Gasteiger partial charge in [0.25, 0.3) is 10.2 Å². The molecule has 0 aromatic heterocycles. The van der Waals surface area contributed by atoms with Gasteiger partial charge in [0.1, 0.15) is 12.0 Å². The summed E-state index contributed by atoms with van der Waals surface area (Å²) in [6.07, 6.45) is 0.744. The van der Waals surface area contributed by atoms with Crippen molar-refractivity contribution in [1.82, 2.24) is 8.61 Å². The first-order valence-corrected chi connectivity index (χ1v) is 10.2. The lowest BCUT2D eigenvalue weighted by molar-refractivity contribution is 0.112. The van der Waals surface area contributed by atoms with Crippen LogP contribution in [0.4, 0.5) is 0 Å². The number of rotatable bonds is 6. The summed E-state index contributed by atoms with van der Waals surface area (Å²) in [7, 11) is -2.04. The molecule has 0 unspecified atom stereocenters. The summed E-state index contributed by atoms with van der Waals surface area (Å²) < 4.78 is 34.3. The molecule has 1 fully saturated rings. The van der Waals surface area contributed by atoms with Crippen LogP contribution >= 0.6 is 0 Å². The predicted molar refractivity (Wildman–Crippen MR) is 104 cm³/mol. The number of benzene rings is 2. The Morgan fingerprint density at radius 1 is 1.00 bits per heavy atom. The van der Waals surface area contributed by atoms with Gasteiger partial charge in [-0.05, 0) is 43.2 Å². The van der Waals surface area contributed by atoms with Crippen molar-refractivity contribution in [1.29, 1.82) is 0 Å². The van der Waals surface area contributed by atoms with Gasteiger partial charge in [-0.3, -0.25) is 4.79 Å². The minimum atomic E-state index is -3.58. The quantitative estimate of drug-likeness (QED) is 0.714. The number of hydrogen-bond donors (Lipinski definition) is 0. The lowest BCUT2D eigenvalue weighted by Gasteiger charge is -2.20. The Morgan fingerprint density at radius 3 is 2.30 bits per heavy atom. The highest BCUT2D eigenvalue weighted by Gasteiger charge is 2.37. The molecule has 2 aromatic carbocycles. The number of methoxy groups -OCH3 is 1. The Labute approximate surface area is 160 Å². The zero-order chi connectivity index (χ0) is 19.6. The van der Waals surface area contributed by atoms with Crippen molar-refractivity contribution >= 4 is 16.5 Å². The van der Waals surface area contributed by atoms with E-state index < -0.39 is 10.2 Å². The molecule has 6 nitrogen and oxygen atoms in total. The van der Waals surface area contributed by atoms with E-state index in [9.17, 15) is 13.2 Å². The van der Waals surface area contributed by atoms with Crippen molar-refractivity contribution in [2.45, 2.75) is 26.9 Å². The maximum absolute atomic E-state index is 13.0. The summed E-state index contributed by atoms with van der Waals surface area (Å²) in [5, 5.41) is 0. The van der Waals surface area contributed by atoms with Gasteiger partial charge in [-0.15, -0.1) is 0 Å². The first-order chi connectivity index (χ1) is 12.8. The molecular formula is C20H24N2O4S. The van der Waals surface area contributed by atoms with Gasteiger partial charge >= 0.3 is 0 Å². The van der Waals surface area contributed by atoms with E-state index >= 15 is 0 Å². The number of ether oxygens (including phenoxy) is 1. The first kappa shape index (κ1) is 19.5. The Morgan fingerprint density at radius 2 is 1.67 bits per heavy atom. The Hall–Kier alpha value is -2.22. The minimum absolute atomic E-state index is 0.177. The van der Waals surface area contributed by atoms with Crippen molar-refractivity contribution in [2.75, 3.05) is 20.2 Å². The second-order valence-electron chi connectivity index (χ2n) is 6.79. The van der Waals surface area contributed by atoms with Crippen molar-refractivity contribution < 1.29 is 17.9 Å². The zero-order valence-electron chi connectivity index (χ0n) is 15.8. The topological polar surface area (TPSA) is 66.9 Å². The highest BCUT2D eigenvalue weighted by atomic mass is 32.2. The van der Waals surface area contributed by atoms with E-state index in [4.69, 9.17) is 4.74 Å². The summed E-state index contributed by atoms with van der Waals surface area (Å²) in [6.45, 7) is 5.37. The number of carbonyl (C=O) groups excluding carboxylic acids is 1. The van der Waals surface area contributed by atoms with Gasteiger partial charge in [0.15, 0.2) is 0 Å². The second-order valence-corrected chi connectivity index (χ2v) is 8.72. The van der Waals surface area contributed by atoms with Crippen LogP contribution in [0, 0.1) is 13.8 Å². The lowest BCUT2D eigenvalue weighted by atomic mass is 10.1. The molecule has 0 radical (unpaired) electrons. The Balaban J connectivity index is 1.82. The number of carbonyl (C=O) groups is 1. The first-order valence-electron chi connectivity index (χ1n) is 8.78. The summed E-state index contributed by atoms with van der Waals surface area (Å²) >= 11 is 0. The zero-order valence-corrected chi connectivity index (χ0v) is 16.6. The molecule has 0 amide bonds. The van der Waals surface area contributed by atoms with E-state index in [2.05, 4.69) is 0 Å². The molecule has 0 spiro atoms. The molecule has 27 heavy (non-hydrogen) atoms. The Bertz CT molecular complexity index is 956. The van der Waals surface area contributed by atoms with Gasteiger partial charge in [-0.25, -0.2) is 0 Å². The van der Waals surface area contributed by atoms with E-state index in [-0.39, 0.29) is 6.54 Å². The van der Waals surface area contributed by atoms with Crippen molar-refractivity contribution in [3.63, 3.8) is 0 Å². The number of aryl methyl sites for hydroxylation is 2. The average Bonchev–Trinajstić information content (AvgIpc) is 2.92. The van der Waals surface area contributed by atoms with Gasteiger partial charge < -0.3 is 4.74 Å². The summed E-state index contributed by atoms with van der Waals surface area (Å²) in [4.78, 5) is 11.1. The summed E-state index contributed by atoms with van der Waals surface area (Å²) in [5.74, 6) is 0.573. The third-order valence-electron chi connectivity index (χ3n) is 4.89. The van der Waals surface area contributed by atoms with Crippen LogP contribution in [0.2, 0.25) is 0 Å². The van der Waals surface area contributed by atoms with Gasteiger partial charge in [-0.1, -0.05) is 23.8 Å². The normalized spacial score (nSPS) is 17.1. The van der Waals surface area contributed by atoms with E-state index in [1.807, 2.05) is 32.0 Å². The van der Waals surface area contributed by atoms with E-state index in [0.29, 0.717) is 36.5 Å². The fourth-order valence-electron chi connectivity index (χ4n) is 3.28. The van der Waals surface area contributed by atoms with Gasteiger partial charge in [-0.2, -0.15) is 17.0 Å². The van der Waals surface area contributed by atoms with Gasteiger partial charge in [0.05, 0.1) is 7.11 Å². The monoisotopic (exact) mass is 388 g/mol.